The van der Waals surface area contributed by atoms with Crippen LogP contribution in [0.15, 0.2) is 82.0 Å². The van der Waals surface area contributed by atoms with Gasteiger partial charge in [0.15, 0.2) is 11.5 Å². The maximum absolute atomic E-state index is 12.6. The molecule has 12 nitrogen and oxygen atoms in total. The van der Waals surface area contributed by atoms with E-state index in [-0.39, 0.29) is 34.0 Å². The molecular weight excluding hydrogens is 552 g/mol. The Balaban J connectivity index is 1.35. The summed E-state index contributed by atoms with van der Waals surface area (Å²) >= 11 is 0. The first-order chi connectivity index (χ1) is 20.1. The van der Waals surface area contributed by atoms with E-state index in [1.165, 1.54) is 42.5 Å². The predicted molar refractivity (Wildman–Crippen MR) is 147 cm³/mol. The van der Waals surface area contributed by atoms with Crippen LogP contribution in [0.4, 0.5) is 0 Å². The molecule has 0 amide bonds. The Morgan fingerprint density at radius 2 is 1.62 bits per heavy atom. The summed E-state index contributed by atoms with van der Waals surface area (Å²) < 4.78 is 22.5. The lowest BCUT2D eigenvalue weighted by atomic mass is 9.99. The number of ether oxygens (including phenoxy) is 3. The molecule has 1 aliphatic rings. The van der Waals surface area contributed by atoms with E-state index < -0.39 is 54.5 Å². The van der Waals surface area contributed by atoms with E-state index in [2.05, 4.69) is 0 Å². The third-order valence-corrected chi connectivity index (χ3v) is 6.57. The Kier molecular flexibility index (Phi) is 8.13. The monoisotopic (exact) mass is 578 g/mol. The highest BCUT2D eigenvalue weighted by Crippen LogP contribution is 2.32. The maximum Gasteiger partial charge on any atom is 0.331 e. The smallest absolute Gasteiger partial charge is 0.331 e. The number of aromatic hydroxyl groups is 3. The number of phenols is 3. The van der Waals surface area contributed by atoms with Crippen LogP contribution in [0.25, 0.3) is 28.4 Å². The molecule has 5 atom stereocenters. The molecule has 4 aromatic rings. The van der Waals surface area contributed by atoms with Crippen LogP contribution < -0.4 is 10.2 Å². The quantitative estimate of drug-likeness (QED) is 0.138. The lowest BCUT2D eigenvalue weighted by Crippen LogP contribution is -2.61. The number of aliphatic hydroxyl groups is 3. The average Bonchev–Trinajstić information content (AvgIpc) is 2.96. The van der Waals surface area contributed by atoms with Crippen LogP contribution in [0.1, 0.15) is 5.56 Å². The predicted octanol–water partition coefficient (Wildman–Crippen LogP) is 2.02. The molecule has 218 valence electrons. The normalized spacial score (nSPS) is 22.3. The molecule has 0 bridgehead atoms. The van der Waals surface area contributed by atoms with Crippen molar-refractivity contribution >= 4 is 23.0 Å². The molecule has 1 saturated heterocycles. The summed E-state index contributed by atoms with van der Waals surface area (Å²) in [7, 11) is 0. The van der Waals surface area contributed by atoms with Crippen LogP contribution in [-0.4, -0.2) is 73.9 Å². The molecule has 5 rings (SSSR count). The molecule has 0 aliphatic carbocycles. The third-order valence-electron chi connectivity index (χ3n) is 6.57. The minimum atomic E-state index is -1.66. The molecule has 6 N–H and O–H groups in total. The largest absolute Gasteiger partial charge is 0.508 e. The number of fused-ring (bicyclic) bond motifs is 1. The molecule has 42 heavy (non-hydrogen) atoms. The second kappa shape index (κ2) is 11.9. The fraction of sp³-hybridized carbons (Fsp3) is 0.200. The van der Waals surface area contributed by atoms with Gasteiger partial charge in [-0.25, -0.2) is 4.79 Å². The highest BCUT2D eigenvalue weighted by atomic mass is 16.7. The van der Waals surface area contributed by atoms with Gasteiger partial charge < -0.3 is 49.3 Å². The summed E-state index contributed by atoms with van der Waals surface area (Å²) in [5, 5.41) is 59.7. The van der Waals surface area contributed by atoms with E-state index in [1.54, 1.807) is 24.3 Å². The van der Waals surface area contributed by atoms with Gasteiger partial charge in [0.25, 0.3) is 0 Å². The van der Waals surface area contributed by atoms with Crippen molar-refractivity contribution in [2.75, 3.05) is 6.61 Å². The molecule has 12 heteroatoms. The van der Waals surface area contributed by atoms with E-state index in [0.717, 1.165) is 12.1 Å². The second-order valence-electron chi connectivity index (χ2n) is 9.49. The Labute approximate surface area is 237 Å². The van der Waals surface area contributed by atoms with Crippen LogP contribution in [0.3, 0.4) is 0 Å². The van der Waals surface area contributed by atoms with Crippen molar-refractivity contribution in [3.05, 3.63) is 88.6 Å². The lowest BCUT2D eigenvalue weighted by Gasteiger charge is -2.41. The minimum absolute atomic E-state index is 0.0161. The summed E-state index contributed by atoms with van der Waals surface area (Å²) in [4.78, 5) is 25.1. The topological polar surface area (TPSA) is 196 Å². The van der Waals surface area contributed by atoms with Gasteiger partial charge in [0.1, 0.15) is 58.0 Å². The summed E-state index contributed by atoms with van der Waals surface area (Å²) in [6, 6.07) is 15.5. The standard InChI is InChI=1S/C30H26O12/c31-14-24-27(37)28(38)29(42-25(36)10-3-15-1-6-17(32)7-2-15)30(41-24)39-19-8-4-16(5-9-19)22-13-21(35)26-20(34)11-18(33)12-23(26)40-22/h1-13,24,27-34,37-38H,14H2. The van der Waals surface area contributed by atoms with Gasteiger partial charge in [-0.2, -0.15) is 0 Å². The maximum atomic E-state index is 12.6. The summed E-state index contributed by atoms with van der Waals surface area (Å²) in [6.07, 6.45) is -4.87. The number of carbonyl (C=O) groups excluding carboxylic acids is 1. The zero-order valence-electron chi connectivity index (χ0n) is 21.7. The van der Waals surface area contributed by atoms with Crippen LogP contribution >= 0.6 is 0 Å². The number of phenolic OH excluding ortho intramolecular Hbond substituents is 3. The molecule has 0 radical (unpaired) electrons. The number of hydrogen-bond acceptors (Lipinski definition) is 12. The SMILES string of the molecule is O=C(C=Cc1ccc(O)cc1)OC1C(Oc2ccc(-c3cc(=O)c4c(O)cc(O)cc4o3)cc2)OC(CO)C(O)C1O. The molecule has 0 saturated carbocycles. The molecule has 1 fully saturated rings. The first-order valence-electron chi connectivity index (χ1n) is 12.7. The van der Waals surface area contributed by atoms with Gasteiger partial charge in [-0.3, -0.25) is 4.79 Å². The fourth-order valence-electron chi connectivity index (χ4n) is 4.43. The fourth-order valence-corrected chi connectivity index (χ4v) is 4.43. The first-order valence-corrected chi connectivity index (χ1v) is 12.7. The van der Waals surface area contributed by atoms with Crippen molar-refractivity contribution in [3.63, 3.8) is 0 Å². The number of carbonyl (C=O) groups is 1. The first kappa shape index (κ1) is 28.6. The zero-order chi connectivity index (χ0) is 30.0. The minimum Gasteiger partial charge on any atom is -0.508 e. The Hall–Kier alpha value is -4.88. The van der Waals surface area contributed by atoms with Gasteiger partial charge in [-0.15, -0.1) is 0 Å². The van der Waals surface area contributed by atoms with Crippen molar-refractivity contribution < 1.29 is 54.1 Å². The summed E-state index contributed by atoms with van der Waals surface area (Å²) in [5.41, 5.74) is 0.498. The van der Waals surface area contributed by atoms with E-state index in [1.807, 2.05) is 0 Å². The lowest BCUT2D eigenvalue weighted by molar-refractivity contribution is -0.281. The van der Waals surface area contributed by atoms with E-state index in [0.29, 0.717) is 11.1 Å². The highest BCUT2D eigenvalue weighted by molar-refractivity contribution is 5.87. The molecular formula is C30H26O12. The second-order valence-corrected chi connectivity index (χ2v) is 9.49. The van der Waals surface area contributed by atoms with Gasteiger partial charge in [0.2, 0.25) is 6.29 Å². The Morgan fingerprint density at radius 3 is 2.31 bits per heavy atom. The number of aliphatic hydroxyl groups excluding tert-OH is 3. The molecule has 0 spiro atoms. The summed E-state index contributed by atoms with van der Waals surface area (Å²) in [5.74, 6) is -1.19. The van der Waals surface area contributed by atoms with E-state index in [9.17, 15) is 40.2 Å². The third kappa shape index (κ3) is 6.06. The number of esters is 1. The summed E-state index contributed by atoms with van der Waals surface area (Å²) in [6.45, 7) is -0.648. The van der Waals surface area contributed by atoms with Crippen molar-refractivity contribution in [1.29, 1.82) is 0 Å². The van der Waals surface area contributed by atoms with Gasteiger partial charge >= 0.3 is 5.97 Å². The van der Waals surface area contributed by atoms with Crippen molar-refractivity contribution in [1.82, 2.24) is 0 Å². The van der Waals surface area contributed by atoms with Gasteiger partial charge in [-0.05, 0) is 48.0 Å². The van der Waals surface area contributed by atoms with Crippen molar-refractivity contribution in [2.45, 2.75) is 30.7 Å². The molecule has 1 aliphatic heterocycles. The number of benzene rings is 3. The molecule has 2 heterocycles. The van der Waals surface area contributed by atoms with Crippen LogP contribution in [0.2, 0.25) is 0 Å². The molecule has 1 aromatic heterocycles. The van der Waals surface area contributed by atoms with Crippen LogP contribution in [-0.2, 0) is 14.3 Å². The van der Waals surface area contributed by atoms with E-state index >= 15 is 0 Å². The van der Waals surface area contributed by atoms with E-state index in [4.69, 9.17) is 18.6 Å². The van der Waals surface area contributed by atoms with Gasteiger partial charge in [-0.1, -0.05) is 12.1 Å². The zero-order valence-corrected chi connectivity index (χ0v) is 21.7. The number of hydrogen-bond donors (Lipinski definition) is 6. The highest BCUT2D eigenvalue weighted by Gasteiger charge is 2.47. The number of rotatable bonds is 7. The average molecular weight is 579 g/mol. The van der Waals surface area contributed by atoms with Gasteiger partial charge in [0, 0.05) is 29.8 Å². The van der Waals surface area contributed by atoms with Crippen LogP contribution in [0, 0.1) is 0 Å². The molecule has 3 aromatic carbocycles. The molecule has 5 unspecified atom stereocenters. The Bertz CT molecular complexity index is 1660. The Morgan fingerprint density at radius 1 is 0.905 bits per heavy atom. The van der Waals surface area contributed by atoms with Gasteiger partial charge in [0.05, 0.1) is 6.61 Å². The van der Waals surface area contributed by atoms with Crippen molar-refractivity contribution in [2.24, 2.45) is 0 Å². The van der Waals surface area contributed by atoms with Crippen LogP contribution in [0.5, 0.6) is 23.0 Å². The van der Waals surface area contributed by atoms with Crippen molar-refractivity contribution in [3.8, 4) is 34.3 Å².